The van der Waals surface area contributed by atoms with Gasteiger partial charge in [0.2, 0.25) is 0 Å². The van der Waals surface area contributed by atoms with Gasteiger partial charge in [0.05, 0.1) is 10.6 Å². The van der Waals surface area contributed by atoms with E-state index in [0.717, 1.165) is 12.6 Å². The summed E-state index contributed by atoms with van der Waals surface area (Å²) in [6.45, 7) is 8.49. The maximum absolute atomic E-state index is 12.9. The zero-order valence-corrected chi connectivity index (χ0v) is 13.1. The van der Waals surface area contributed by atoms with Gasteiger partial charge in [-0.25, -0.2) is 0 Å². The molecule has 0 radical (unpaired) electrons. The Morgan fingerprint density at radius 1 is 1.24 bits per heavy atom. The van der Waals surface area contributed by atoms with Gasteiger partial charge in [0.25, 0.3) is 0 Å². The number of nitrogens with zero attached hydrogens (tertiary/aromatic N) is 1. The van der Waals surface area contributed by atoms with Crippen LogP contribution < -0.4 is 10.2 Å². The molecule has 2 nitrogen and oxygen atoms in total. The fourth-order valence-electron chi connectivity index (χ4n) is 2.49. The van der Waals surface area contributed by atoms with Crippen molar-refractivity contribution in [2.75, 3.05) is 24.5 Å². The average molecular weight is 321 g/mol. The molecule has 0 amide bonds. The van der Waals surface area contributed by atoms with Crippen LogP contribution in [-0.2, 0) is 6.18 Å². The molecular formula is C15H20ClF3N2. The van der Waals surface area contributed by atoms with E-state index in [1.54, 1.807) is 6.07 Å². The lowest BCUT2D eigenvalue weighted by Gasteiger charge is -2.41. The lowest BCUT2D eigenvalue weighted by Crippen LogP contribution is -2.56. The highest BCUT2D eigenvalue weighted by atomic mass is 35.5. The van der Waals surface area contributed by atoms with Gasteiger partial charge in [-0.1, -0.05) is 32.4 Å². The second-order valence-corrected chi connectivity index (χ2v) is 6.89. The first kappa shape index (κ1) is 16.4. The lowest BCUT2D eigenvalue weighted by atomic mass is 9.85. The van der Waals surface area contributed by atoms with Crippen molar-refractivity contribution in [1.29, 1.82) is 0 Å². The highest BCUT2D eigenvalue weighted by Gasteiger charge is 2.35. The van der Waals surface area contributed by atoms with E-state index in [1.807, 2.05) is 4.90 Å². The average Bonchev–Trinajstić information content (AvgIpc) is 2.37. The molecule has 0 aromatic heterocycles. The van der Waals surface area contributed by atoms with Crippen molar-refractivity contribution in [3.05, 3.63) is 28.8 Å². The molecule has 0 saturated carbocycles. The van der Waals surface area contributed by atoms with Crippen LogP contribution in [-0.4, -0.2) is 25.7 Å². The first-order valence-electron chi connectivity index (χ1n) is 6.94. The van der Waals surface area contributed by atoms with E-state index in [2.05, 4.69) is 26.1 Å². The Morgan fingerprint density at radius 3 is 2.48 bits per heavy atom. The topological polar surface area (TPSA) is 15.3 Å². The smallest absolute Gasteiger partial charge is 0.369 e. The fraction of sp³-hybridized carbons (Fsp3) is 0.600. The lowest BCUT2D eigenvalue weighted by molar-refractivity contribution is -0.137. The van der Waals surface area contributed by atoms with Crippen LogP contribution in [0.3, 0.4) is 0 Å². The highest BCUT2D eigenvalue weighted by molar-refractivity contribution is 6.31. The van der Waals surface area contributed by atoms with Gasteiger partial charge >= 0.3 is 6.18 Å². The summed E-state index contributed by atoms with van der Waals surface area (Å²) < 4.78 is 38.8. The molecule has 1 saturated heterocycles. The Morgan fingerprint density at radius 2 is 1.90 bits per heavy atom. The van der Waals surface area contributed by atoms with Crippen molar-refractivity contribution in [1.82, 2.24) is 5.32 Å². The molecule has 1 fully saturated rings. The zero-order chi connectivity index (χ0) is 15.8. The molecule has 1 unspecified atom stereocenters. The molecular weight excluding hydrogens is 301 g/mol. The minimum Gasteiger partial charge on any atom is -0.369 e. The number of anilines is 1. The Hall–Kier alpha value is -0.940. The summed E-state index contributed by atoms with van der Waals surface area (Å²) in [7, 11) is 0. The van der Waals surface area contributed by atoms with E-state index in [-0.39, 0.29) is 16.5 Å². The Labute approximate surface area is 128 Å². The predicted molar refractivity (Wildman–Crippen MR) is 79.9 cm³/mol. The normalized spacial score (nSPS) is 20.7. The molecule has 1 heterocycles. The van der Waals surface area contributed by atoms with E-state index in [0.29, 0.717) is 18.8 Å². The second-order valence-electron chi connectivity index (χ2n) is 6.48. The van der Waals surface area contributed by atoms with Gasteiger partial charge in [0.15, 0.2) is 0 Å². The number of rotatable bonds is 1. The number of piperazine rings is 1. The first-order valence-corrected chi connectivity index (χ1v) is 7.32. The number of halogens is 4. The standard InChI is InChI=1S/C15H20ClF3N2/c1-14(2,3)13-9-21(7-6-20-13)10-4-5-12(16)11(8-10)15(17,18)19/h4-5,8,13,20H,6-7,9H2,1-3H3. The van der Waals surface area contributed by atoms with Crippen LogP contribution in [0.15, 0.2) is 18.2 Å². The second kappa shape index (κ2) is 5.69. The summed E-state index contributed by atoms with van der Waals surface area (Å²) in [5.74, 6) is 0. The molecule has 0 aliphatic carbocycles. The Bertz CT molecular complexity index is 509. The van der Waals surface area contributed by atoms with Crippen molar-refractivity contribution in [2.45, 2.75) is 33.0 Å². The minimum absolute atomic E-state index is 0.0535. The van der Waals surface area contributed by atoms with Gasteiger partial charge in [0.1, 0.15) is 0 Å². The van der Waals surface area contributed by atoms with Crippen molar-refractivity contribution < 1.29 is 13.2 Å². The van der Waals surface area contributed by atoms with Crippen LogP contribution in [0.2, 0.25) is 5.02 Å². The van der Waals surface area contributed by atoms with Crippen LogP contribution in [0.4, 0.5) is 18.9 Å². The molecule has 1 N–H and O–H groups in total. The van der Waals surface area contributed by atoms with Crippen LogP contribution in [0.25, 0.3) is 0 Å². The van der Waals surface area contributed by atoms with Crippen molar-refractivity contribution in [3.63, 3.8) is 0 Å². The molecule has 6 heteroatoms. The van der Waals surface area contributed by atoms with Gasteiger partial charge in [-0.3, -0.25) is 0 Å². The van der Waals surface area contributed by atoms with Crippen molar-refractivity contribution >= 4 is 17.3 Å². The summed E-state index contributed by atoms with van der Waals surface area (Å²) in [6, 6.07) is 4.36. The number of alkyl halides is 3. The molecule has 1 aliphatic rings. The molecule has 2 rings (SSSR count). The maximum atomic E-state index is 12.9. The first-order chi connectivity index (χ1) is 9.59. The molecule has 1 aliphatic heterocycles. The van der Waals surface area contributed by atoms with Crippen LogP contribution in [0.1, 0.15) is 26.3 Å². The van der Waals surface area contributed by atoms with E-state index < -0.39 is 11.7 Å². The SMILES string of the molecule is CC(C)(C)C1CN(c2ccc(Cl)c(C(F)(F)F)c2)CCN1. The summed E-state index contributed by atoms with van der Waals surface area (Å²) in [5.41, 5.74) is -0.146. The quantitative estimate of drug-likeness (QED) is 0.835. The number of hydrogen-bond acceptors (Lipinski definition) is 2. The molecule has 1 atom stereocenters. The van der Waals surface area contributed by atoms with Crippen molar-refractivity contribution in [2.24, 2.45) is 5.41 Å². The van der Waals surface area contributed by atoms with Gasteiger partial charge in [-0.15, -0.1) is 0 Å². The van der Waals surface area contributed by atoms with Gasteiger partial charge in [0, 0.05) is 31.4 Å². The van der Waals surface area contributed by atoms with Gasteiger partial charge in [-0.2, -0.15) is 13.2 Å². The highest BCUT2D eigenvalue weighted by Crippen LogP contribution is 2.37. The molecule has 1 aromatic carbocycles. The minimum atomic E-state index is -4.43. The number of benzene rings is 1. The molecule has 0 bridgehead atoms. The molecule has 1 aromatic rings. The maximum Gasteiger partial charge on any atom is 0.417 e. The van der Waals surface area contributed by atoms with E-state index in [9.17, 15) is 13.2 Å². The molecule has 0 spiro atoms. The molecule has 21 heavy (non-hydrogen) atoms. The van der Waals surface area contributed by atoms with E-state index in [1.165, 1.54) is 6.07 Å². The van der Waals surface area contributed by atoms with Crippen molar-refractivity contribution in [3.8, 4) is 0 Å². The number of nitrogens with one attached hydrogen (secondary N) is 1. The largest absolute Gasteiger partial charge is 0.417 e. The van der Waals surface area contributed by atoms with Gasteiger partial charge < -0.3 is 10.2 Å². The van der Waals surface area contributed by atoms with Gasteiger partial charge in [-0.05, 0) is 23.6 Å². The third-order valence-corrected chi connectivity index (χ3v) is 4.17. The number of hydrogen-bond donors (Lipinski definition) is 1. The Balaban J connectivity index is 2.26. The third kappa shape index (κ3) is 3.83. The summed E-state index contributed by atoms with van der Waals surface area (Å²) in [4.78, 5) is 1.98. The molecule has 118 valence electrons. The fourth-order valence-corrected chi connectivity index (χ4v) is 2.72. The monoisotopic (exact) mass is 320 g/mol. The van der Waals surface area contributed by atoms with E-state index in [4.69, 9.17) is 11.6 Å². The third-order valence-electron chi connectivity index (χ3n) is 3.84. The van der Waals surface area contributed by atoms with E-state index >= 15 is 0 Å². The summed E-state index contributed by atoms with van der Waals surface area (Å²) >= 11 is 5.67. The summed E-state index contributed by atoms with van der Waals surface area (Å²) in [5, 5.41) is 3.17. The zero-order valence-electron chi connectivity index (χ0n) is 12.4. The predicted octanol–water partition coefficient (Wildman–Crippen LogP) is 4.18. The van der Waals surface area contributed by atoms with Crippen LogP contribution in [0.5, 0.6) is 0 Å². The summed E-state index contributed by atoms with van der Waals surface area (Å²) in [6.07, 6.45) is -4.43. The Kier molecular flexibility index (Phi) is 4.45. The van der Waals surface area contributed by atoms with Crippen LogP contribution in [0, 0.1) is 5.41 Å². The van der Waals surface area contributed by atoms with Crippen LogP contribution >= 0.6 is 11.6 Å².